The van der Waals surface area contributed by atoms with Gasteiger partial charge in [-0.05, 0) is 41.5 Å². The van der Waals surface area contributed by atoms with E-state index in [1.54, 1.807) is 0 Å². The van der Waals surface area contributed by atoms with Gasteiger partial charge < -0.3 is 34.2 Å². The van der Waals surface area contributed by atoms with Gasteiger partial charge in [0.15, 0.2) is 0 Å². The Bertz CT molecular complexity index is 316. The average molecular weight is 407 g/mol. The van der Waals surface area contributed by atoms with E-state index in [0.29, 0.717) is 0 Å². The molecule has 0 unspecified atom stereocenters. The summed E-state index contributed by atoms with van der Waals surface area (Å²) in [6, 6.07) is 0. The predicted octanol–water partition coefficient (Wildman–Crippen LogP) is 0.279. The molecule has 0 aromatic carbocycles. The van der Waals surface area contributed by atoms with Gasteiger partial charge in [-0.1, -0.05) is 0 Å². The fraction of sp³-hybridized carbons (Fsp3) is 0.400. The zero-order valence-electron chi connectivity index (χ0n) is 14.2. The Labute approximate surface area is 156 Å². The third-order valence-electron chi connectivity index (χ3n) is 1.22. The molecule has 0 aromatic rings. The standard InChI is InChI=1S/3C5H7O2.H2O.Zr/c3*1-4(6)3-5(2)7;;/h3*3H,1-2H3;1H2;/q3*-1;;+3. The van der Waals surface area contributed by atoms with Gasteiger partial charge in [-0.25, -0.2) is 0 Å². The molecular weight excluding hydrogens is 383 g/mol. The molecule has 23 heavy (non-hydrogen) atoms. The molecule has 0 aliphatic carbocycles. The number of carbonyl (C=O) groups excluding carboxylic acids is 6. The molecule has 8 heteroatoms. The number of Topliss-reactive ketones (excluding diaryl/α,β-unsaturated/α-hetero) is 6. The van der Waals surface area contributed by atoms with Crippen LogP contribution in [0.15, 0.2) is 0 Å². The maximum atomic E-state index is 9.98. The first-order valence-corrected chi connectivity index (χ1v) is 5.96. The predicted molar refractivity (Wildman–Crippen MR) is 80.6 cm³/mol. The quantitative estimate of drug-likeness (QED) is 0.459. The molecule has 0 aromatic heterocycles. The van der Waals surface area contributed by atoms with Crippen molar-refractivity contribution in [1.82, 2.24) is 0 Å². The minimum atomic E-state index is -0.187. The molecule has 7 nitrogen and oxygen atoms in total. The summed E-state index contributed by atoms with van der Waals surface area (Å²) in [7, 11) is 0. The zero-order chi connectivity index (χ0) is 17.6. The maximum absolute atomic E-state index is 9.98. The van der Waals surface area contributed by atoms with Crippen LogP contribution in [0.2, 0.25) is 0 Å². The van der Waals surface area contributed by atoms with Gasteiger partial charge in [-0.15, -0.1) is 0 Å². The Morgan fingerprint density at radius 2 is 0.522 bits per heavy atom. The fourth-order valence-corrected chi connectivity index (χ4v) is 0.859. The van der Waals surface area contributed by atoms with E-state index >= 15 is 0 Å². The molecule has 0 saturated heterocycles. The SMILES string of the molecule is CC(=O)[CH-]C(C)=O.CC(=O)[CH-]C(C)=O.CC(=O)[CH-]C(C)=O.O.[Zr+3]. The summed E-state index contributed by atoms with van der Waals surface area (Å²) in [5, 5.41) is 0. The van der Waals surface area contributed by atoms with Gasteiger partial charge in [0.25, 0.3) is 0 Å². The van der Waals surface area contributed by atoms with Gasteiger partial charge in [-0.2, -0.15) is 0 Å². The van der Waals surface area contributed by atoms with Crippen molar-refractivity contribution in [1.29, 1.82) is 0 Å². The molecule has 0 fully saturated rings. The van der Waals surface area contributed by atoms with Crippen LogP contribution >= 0.6 is 0 Å². The second kappa shape index (κ2) is 20.5. The summed E-state index contributed by atoms with van der Waals surface area (Å²) in [5.74, 6) is -1.12. The average Bonchev–Trinajstić information content (AvgIpc) is 2.10. The smallest absolute Gasteiger partial charge is 0.412 e. The monoisotopic (exact) mass is 405 g/mol. The number of hydrogen-bond donors (Lipinski definition) is 0. The summed E-state index contributed by atoms with van der Waals surface area (Å²) >= 11 is 0. The van der Waals surface area contributed by atoms with Crippen LogP contribution in [0.25, 0.3) is 0 Å². The third kappa shape index (κ3) is 63.7. The van der Waals surface area contributed by atoms with Crippen molar-refractivity contribution in [2.75, 3.05) is 0 Å². The first-order chi connectivity index (χ1) is 9.38. The molecule has 129 valence electrons. The molecule has 0 spiro atoms. The molecule has 0 bridgehead atoms. The number of carbonyl (C=O) groups is 6. The van der Waals surface area contributed by atoms with Crippen LogP contribution < -0.4 is 0 Å². The molecule has 0 aliphatic heterocycles. The third-order valence-corrected chi connectivity index (χ3v) is 1.22. The Balaban J connectivity index is -0.0000000675. The number of rotatable bonds is 6. The number of hydrogen-bond acceptors (Lipinski definition) is 6. The van der Waals surface area contributed by atoms with Gasteiger partial charge in [0.05, 0.1) is 0 Å². The summed E-state index contributed by atoms with van der Waals surface area (Å²) in [5.41, 5.74) is 0. The molecule has 2 N–H and O–H groups in total. The van der Waals surface area contributed by atoms with Gasteiger partial charge in [-0.3, -0.25) is 19.3 Å². The molecule has 0 heterocycles. The van der Waals surface area contributed by atoms with E-state index < -0.39 is 0 Å². The fourth-order valence-electron chi connectivity index (χ4n) is 0.859. The number of ketones is 6. The normalized spacial score (nSPS) is 7.04. The second-order valence-electron chi connectivity index (χ2n) is 4.10. The van der Waals surface area contributed by atoms with Crippen molar-refractivity contribution in [2.24, 2.45) is 0 Å². The van der Waals surface area contributed by atoms with E-state index in [0.717, 1.165) is 19.3 Å². The summed E-state index contributed by atoms with van der Waals surface area (Å²) in [6.07, 6.45) is 3.17. The van der Waals surface area contributed by atoms with E-state index in [1.807, 2.05) is 0 Å². The van der Waals surface area contributed by atoms with E-state index in [4.69, 9.17) is 0 Å². The van der Waals surface area contributed by atoms with Crippen LogP contribution in [0.1, 0.15) is 41.5 Å². The van der Waals surface area contributed by atoms with Crippen molar-refractivity contribution in [2.45, 2.75) is 41.5 Å². The Hall–Kier alpha value is -1.53. The molecule has 1 radical (unpaired) electrons. The van der Waals surface area contributed by atoms with Crippen LogP contribution in [-0.4, -0.2) is 40.2 Å². The minimum absolute atomic E-state index is 0. The van der Waals surface area contributed by atoms with E-state index in [1.165, 1.54) is 41.5 Å². The topological polar surface area (TPSA) is 134 Å². The minimum Gasteiger partial charge on any atom is -0.412 e. The van der Waals surface area contributed by atoms with Crippen LogP contribution in [0, 0.1) is 19.3 Å². The van der Waals surface area contributed by atoms with Crippen molar-refractivity contribution in [3.05, 3.63) is 19.3 Å². The molecule has 0 aliphatic rings. The summed E-state index contributed by atoms with van der Waals surface area (Å²) in [6.45, 7) is 8.09. The van der Waals surface area contributed by atoms with E-state index in [2.05, 4.69) is 0 Å². The molecule has 0 saturated carbocycles. The maximum Gasteiger partial charge on any atom is 3.00 e. The van der Waals surface area contributed by atoms with Gasteiger partial charge >= 0.3 is 26.2 Å². The van der Waals surface area contributed by atoms with Gasteiger partial charge in [0.2, 0.25) is 0 Å². The Morgan fingerprint density at radius 1 is 0.435 bits per heavy atom. The first-order valence-electron chi connectivity index (χ1n) is 5.96. The van der Waals surface area contributed by atoms with Crippen LogP contribution in [0.3, 0.4) is 0 Å². The van der Waals surface area contributed by atoms with Crippen molar-refractivity contribution in [3.63, 3.8) is 0 Å². The summed E-state index contributed by atoms with van der Waals surface area (Å²) < 4.78 is 0. The Kier molecular flexibility index (Phi) is 29.5. The van der Waals surface area contributed by atoms with Crippen molar-refractivity contribution in [3.8, 4) is 0 Å². The van der Waals surface area contributed by atoms with E-state index in [9.17, 15) is 28.8 Å². The first kappa shape index (κ1) is 33.2. The van der Waals surface area contributed by atoms with Gasteiger partial charge in [0.1, 0.15) is 0 Å². The Morgan fingerprint density at radius 3 is 0.522 bits per heavy atom. The van der Waals surface area contributed by atoms with Crippen LogP contribution in [0.5, 0.6) is 0 Å². The van der Waals surface area contributed by atoms with E-state index in [-0.39, 0.29) is 66.4 Å². The van der Waals surface area contributed by atoms with Gasteiger partial charge in [0, 0.05) is 34.7 Å². The molecule has 0 amide bonds. The summed E-state index contributed by atoms with van der Waals surface area (Å²) in [4.78, 5) is 59.9. The molecule has 0 rings (SSSR count). The van der Waals surface area contributed by atoms with Crippen molar-refractivity contribution < 1.29 is 60.4 Å². The molecular formula is C15H23O7Zr. The second-order valence-corrected chi connectivity index (χ2v) is 4.10. The largest absolute Gasteiger partial charge is 3.00 e. The van der Waals surface area contributed by atoms with Crippen molar-refractivity contribution >= 4 is 34.7 Å². The van der Waals surface area contributed by atoms with Crippen LogP contribution in [0.4, 0.5) is 0 Å². The molecule has 0 atom stereocenters. The van der Waals surface area contributed by atoms with Crippen LogP contribution in [-0.2, 0) is 55.0 Å². The zero-order valence-corrected chi connectivity index (χ0v) is 16.6.